The largest absolute Gasteiger partial charge is 0.512 e. The molecule has 5 heteroatoms. The van der Waals surface area contributed by atoms with Gasteiger partial charge in [0, 0.05) is 71.8 Å². The number of hydrogen-bond acceptors (Lipinski definition) is 4. The van der Waals surface area contributed by atoms with E-state index in [1.807, 2.05) is 33.9 Å². The van der Waals surface area contributed by atoms with E-state index in [0.717, 1.165) is 70.2 Å². The first-order chi connectivity index (χ1) is 23.5. The number of ketones is 1. The van der Waals surface area contributed by atoms with Gasteiger partial charge in [0.2, 0.25) is 0 Å². The molecule has 6 aromatic rings. The fraction of sp³-hybridized carbons (Fsp3) is 0.333. The molecule has 50 heavy (non-hydrogen) atoms. The Kier molecular flexibility index (Phi) is 11.2. The SMILES string of the molecule is CCC(CC)C(=O)/C=C(\O)C(CC)CC.Cc1ccc2c3c([c-]cc2c1)-c1ncc(C)c2oc4c(-c5ccccc5)ccc(c4c12)C3(C)C.[Ir]. The summed E-state index contributed by atoms with van der Waals surface area (Å²) in [5, 5.41) is 14.5. The van der Waals surface area contributed by atoms with Crippen molar-refractivity contribution >= 4 is 38.5 Å². The van der Waals surface area contributed by atoms with Crippen LogP contribution in [0.3, 0.4) is 0 Å². The van der Waals surface area contributed by atoms with Gasteiger partial charge in [-0.2, -0.15) is 0 Å². The molecule has 0 fully saturated rings. The minimum absolute atomic E-state index is 0. The van der Waals surface area contributed by atoms with E-state index >= 15 is 0 Å². The minimum Gasteiger partial charge on any atom is -0.512 e. The summed E-state index contributed by atoms with van der Waals surface area (Å²) in [5.74, 6) is 0.547. The molecule has 0 spiro atoms. The molecule has 4 nitrogen and oxygen atoms in total. The predicted octanol–water partition coefficient (Wildman–Crippen LogP) is 12.4. The van der Waals surface area contributed by atoms with Crippen LogP contribution in [-0.4, -0.2) is 15.9 Å². The Morgan fingerprint density at radius 2 is 1.58 bits per heavy atom. The quantitative estimate of drug-likeness (QED) is 0.0942. The van der Waals surface area contributed by atoms with Gasteiger partial charge in [-0.05, 0) is 56.1 Å². The minimum atomic E-state index is -0.264. The first-order valence-electron chi connectivity index (χ1n) is 17.9. The first-order valence-corrected chi connectivity index (χ1v) is 17.9. The molecule has 1 aliphatic carbocycles. The number of carbonyl (C=O) groups excluding carboxylic acids is 1. The van der Waals surface area contributed by atoms with Crippen LogP contribution in [0.15, 0.2) is 89.2 Å². The van der Waals surface area contributed by atoms with Crippen LogP contribution in [0.1, 0.15) is 89.5 Å². The van der Waals surface area contributed by atoms with Crippen molar-refractivity contribution in [2.45, 2.75) is 86.5 Å². The summed E-state index contributed by atoms with van der Waals surface area (Å²) in [7, 11) is 0. The Morgan fingerprint density at radius 3 is 2.24 bits per heavy atom. The van der Waals surface area contributed by atoms with Gasteiger partial charge in [-0.1, -0.05) is 119 Å². The van der Waals surface area contributed by atoms with E-state index in [-0.39, 0.29) is 48.9 Å². The molecule has 2 heterocycles. The zero-order valence-corrected chi connectivity index (χ0v) is 32.9. The first kappa shape index (κ1) is 37.2. The second-order valence-corrected chi connectivity index (χ2v) is 14.1. The second-order valence-electron chi connectivity index (χ2n) is 14.1. The van der Waals surface area contributed by atoms with Crippen molar-refractivity contribution in [2.75, 3.05) is 0 Å². The normalized spacial score (nSPS) is 13.4. The van der Waals surface area contributed by atoms with Crippen molar-refractivity contribution in [3.8, 4) is 22.4 Å². The third kappa shape index (κ3) is 6.47. The van der Waals surface area contributed by atoms with Gasteiger partial charge in [-0.3, -0.25) is 4.79 Å². The van der Waals surface area contributed by atoms with Gasteiger partial charge in [0.1, 0.15) is 11.2 Å². The number of pyridine rings is 1. The molecule has 0 saturated heterocycles. The van der Waals surface area contributed by atoms with Gasteiger partial charge in [-0.25, -0.2) is 0 Å². The van der Waals surface area contributed by atoms with Crippen LogP contribution in [0.2, 0.25) is 0 Å². The maximum Gasteiger partial charge on any atom is 0.162 e. The average molecular weight is 843 g/mol. The van der Waals surface area contributed by atoms with Gasteiger partial charge in [0.25, 0.3) is 0 Å². The number of aliphatic hydroxyl groups is 1. The molecule has 261 valence electrons. The molecule has 1 N–H and O–H groups in total. The molecule has 0 aliphatic heterocycles. The predicted molar refractivity (Wildman–Crippen MR) is 204 cm³/mol. The summed E-state index contributed by atoms with van der Waals surface area (Å²) in [5.41, 5.74) is 10.8. The van der Waals surface area contributed by atoms with Crippen LogP contribution in [0.25, 0.3) is 55.1 Å². The molecule has 2 aromatic heterocycles. The molecule has 0 bridgehead atoms. The molecule has 0 atom stereocenters. The third-order valence-electron chi connectivity index (χ3n) is 10.6. The fourth-order valence-electron chi connectivity index (χ4n) is 7.68. The summed E-state index contributed by atoms with van der Waals surface area (Å²) in [6, 6.07) is 27.5. The Hall–Kier alpha value is -4.05. The van der Waals surface area contributed by atoms with Crippen LogP contribution >= 0.6 is 0 Å². The topological polar surface area (TPSA) is 63.3 Å². The molecule has 0 unspecified atom stereocenters. The number of nitrogens with zero attached hydrogens (tertiary/aromatic N) is 1. The summed E-state index contributed by atoms with van der Waals surface area (Å²) in [6.45, 7) is 17.0. The maximum atomic E-state index is 11.7. The molecule has 0 saturated carbocycles. The summed E-state index contributed by atoms with van der Waals surface area (Å²) < 4.78 is 6.68. The maximum absolute atomic E-state index is 11.7. The Morgan fingerprint density at radius 1 is 0.900 bits per heavy atom. The second kappa shape index (κ2) is 15.1. The molecule has 4 aromatic carbocycles. The number of hydrogen-bond donors (Lipinski definition) is 1. The Balaban J connectivity index is 0.000000261. The fourth-order valence-corrected chi connectivity index (χ4v) is 7.68. The van der Waals surface area contributed by atoms with E-state index in [2.05, 4.69) is 100 Å². The monoisotopic (exact) mass is 843 g/mol. The van der Waals surface area contributed by atoms with Crippen molar-refractivity contribution in [1.29, 1.82) is 0 Å². The molecule has 1 aliphatic rings. The Bertz CT molecular complexity index is 2200. The number of aryl methyl sites for hydroxylation is 2. The van der Waals surface area contributed by atoms with Crippen LogP contribution < -0.4 is 0 Å². The number of aliphatic hydroxyl groups excluding tert-OH is 1. The number of benzene rings is 4. The van der Waals surface area contributed by atoms with Crippen molar-refractivity contribution < 1.29 is 34.4 Å². The van der Waals surface area contributed by atoms with Crippen molar-refractivity contribution in [1.82, 2.24) is 4.98 Å². The van der Waals surface area contributed by atoms with E-state index in [0.29, 0.717) is 0 Å². The zero-order chi connectivity index (χ0) is 35.0. The van der Waals surface area contributed by atoms with Gasteiger partial charge in [0.05, 0.1) is 5.76 Å². The number of allylic oxidation sites excluding steroid dienone is 2. The summed E-state index contributed by atoms with van der Waals surface area (Å²) in [6.07, 6.45) is 6.85. The molecule has 7 rings (SSSR count). The van der Waals surface area contributed by atoms with E-state index in [1.54, 1.807) is 0 Å². The number of rotatable bonds is 8. The number of fused-ring (bicyclic) bond motifs is 4. The van der Waals surface area contributed by atoms with E-state index in [4.69, 9.17) is 9.40 Å². The zero-order valence-electron chi connectivity index (χ0n) is 30.5. The number of aromatic nitrogens is 1. The van der Waals surface area contributed by atoms with Gasteiger partial charge in [0.15, 0.2) is 5.78 Å². The van der Waals surface area contributed by atoms with E-state index < -0.39 is 0 Å². The van der Waals surface area contributed by atoms with Gasteiger partial charge in [-0.15, -0.1) is 23.3 Å². The van der Waals surface area contributed by atoms with E-state index in [1.165, 1.54) is 38.9 Å². The summed E-state index contributed by atoms with van der Waals surface area (Å²) >= 11 is 0. The van der Waals surface area contributed by atoms with Crippen LogP contribution in [-0.2, 0) is 30.3 Å². The molecular weight excluding hydrogens is 795 g/mol. The number of carbonyl (C=O) groups is 1. The standard InChI is InChI=1S/C32H24NO.C13H24O2.Ir/c1-18-10-12-22-21(16-18)11-13-24-28(22)32(3,4)25-15-14-23(20-8-6-5-7-9-20)31-26(25)27-29(24)33-17-19(2)30(27)34-31;1-5-10(6-2)12(14)9-13(15)11(7-3)8-4;/h5-12,14-17H,1-4H3;9-11,14H,5-8H2,1-4H3;/q-1;;/b;12-9-;. The molecule has 1 radical (unpaired) electrons. The summed E-state index contributed by atoms with van der Waals surface area (Å²) in [4.78, 5) is 16.7. The molecular formula is C45H48IrNO3-. The molecule has 0 amide bonds. The smallest absolute Gasteiger partial charge is 0.162 e. The average Bonchev–Trinajstić information content (AvgIpc) is 3.47. The van der Waals surface area contributed by atoms with Gasteiger partial charge >= 0.3 is 0 Å². The third-order valence-corrected chi connectivity index (χ3v) is 10.6. The Labute approximate surface area is 310 Å². The van der Waals surface area contributed by atoms with E-state index in [9.17, 15) is 9.90 Å². The van der Waals surface area contributed by atoms with Gasteiger partial charge < -0.3 is 14.5 Å². The van der Waals surface area contributed by atoms with Crippen LogP contribution in [0.4, 0.5) is 0 Å². The van der Waals surface area contributed by atoms with Crippen molar-refractivity contribution in [3.63, 3.8) is 0 Å². The van der Waals surface area contributed by atoms with Crippen molar-refractivity contribution in [2.24, 2.45) is 11.8 Å². The van der Waals surface area contributed by atoms with Crippen LogP contribution in [0.5, 0.6) is 0 Å². The van der Waals surface area contributed by atoms with Crippen molar-refractivity contribution in [3.05, 3.63) is 113 Å². The van der Waals surface area contributed by atoms with Crippen LogP contribution in [0, 0.1) is 31.7 Å². The number of furan rings is 1.